The predicted molar refractivity (Wildman–Crippen MR) is 201 cm³/mol. The Morgan fingerprint density at radius 2 is 1.33 bits per heavy atom. The van der Waals surface area contributed by atoms with Crippen LogP contribution in [0.3, 0.4) is 0 Å². The van der Waals surface area contributed by atoms with Crippen molar-refractivity contribution < 1.29 is 28.6 Å². The van der Waals surface area contributed by atoms with Gasteiger partial charge in [-0.1, -0.05) is 149 Å². The van der Waals surface area contributed by atoms with Gasteiger partial charge in [0.05, 0.1) is 12.5 Å². The number of benzene rings is 4. The number of esters is 3. The van der Waals surface area contributed by atoms with Crippen molar-refractivity contribution in [2.75, 3.05) is 6.61 Å². The van der Waals surface area contributed by atoms with Crippen LogP contribution in [0.4, 0.5) is 0 Å². The molecule has 0 unspecified atom stereocenters. The topological polar surface area (TPSA) is 90.9 Å². The second kappa shape index (κ2) is 15.9. The van der Waals surface area contributed by atoms with Crippen molar-refractivity contribution in [3.8, 4) is 0 Å². The van der Waals surface area contributed by atoms with Gasteiger partial charge >= 0.3 is 17.9 Å². The molecule has 1 aliphatic heterocycles. The van der Waals surface area contributed by atoms with Crippen LogP contribution in [-0.2, 0) is 34.0 Å². The molecule has 272 valence electrons. The van der Waals surface area contributed by atoms with Crippen LogP contribution in [0.2, 0.25) is 0 Å². The molecular weight excluding hydrogens is 650 g/mol. The highest BCUT2D eigenvalue weighted by atomic mass is 16.6. The number of rotatable bonds is 11. The van der Waals surface area contributed by atoms with Crippen molar-refractivity contribution in [2.45, 2.75) is 89.0 Å². The minimum absolute atomic E-state index is 0.0387. The molecule has 7 nitrogen and oxygen atoms in total. The molecule has 1 aliphatic carbocycles. The summed E-state index contributed by atoms with van der Waals surface area (Å²) in [6.07, 6.45) is 1.47. The molecule has 2 aliphatic rings. The van der Waals surface area contributed by atoms with E-state index in [2.05, 4.69) is 38.2 Å². The maximum Gasteiger partial charge on any atom is 0.327 e. The van der Waals surface area contributed by atoms with E-state index < -0.39 is 53.5 Å². The van der Waals surface area contributed by atoms with Gasteiger partial charge in [0.2, 0.25) is 0 Å². The van der Waals surface area contributed by atoms with E-state index >= 15 is 0 Å². The molecule has 4 aromatic carbocycles. The summed E-state index contributed by atoms with van der Waals surface area (Å²) < 4.78 is 18.7. The molecule has 0 radical (unpaired) electrons. The van der Waals surface area contributed by atoms with Crippen LogP contribution in [0, 0.1) is 17.8 Å². The van der Waals surface area contributed by atoms with Crippen LogP contribution in [-0.4, -0.2) is 42.2 Å². The van der Waals surface area contributed by atoms with Crippen LogP contribution in [0.5, 0.6) is 0 Å². The summed E-state index contributed by atoms with van der Waals surface area (Å²) in [7, 11) is 0. The van der Waals surface area contributed by atoms with Crippen LogP contribution in [0.1, 0.15) is 88.2 Å². The second-order valence-corrected chi connectivity index (χ2v) is 15.2. The summed E-state index contributed by atoms with van der Waals surface area (Å²) in [4.78, 5) is 43.7. The number of nitrogens with one attached hydrogen (secondary N) is 1. The zero-order valence-corrected chi connectivity index (χ0v) is 30.9. The first kappa shape index (κ1) is 37.0. The van der Waals surface area contributed by atoms with E-state index in [1.54, 1.807) is 13.8 Å². The Morgan fingerprint density at radius 3 is 1.88 bits per heavy atom. The minimum Gasteiger partial charge on any atom is -0.465 e. The van der Waals surface area contributed by atoms with Crippen LogP contribution < -0.4 is 5.32 Å². The third-order valence-corrected chi connectivity index (χ3v) is 11.4. The molecule has 7 atom stereocenters. The molecule has 1 heterocycles. The molecule has 1 saturated heterocycles. The van der Waals surface area contributed by atoms with Crippen molar-refractivity contribution in [3.05, 3.63) is 144 Å². The van der Waals surface area contributed by atoms with E-state index in [4.69, 9.17) is 14.2 Å². The van der Waals surface area contributed by atoms with Gasteiger partial charge in [-0.15, -0.1) is 0 Å². The number of hydrogen-bond acceptors (Lipinski definition) is 7. The third-order valence-electron chi connectivity index (χ3n) is 11.4. The molecule has 0 amide bonds. The molecule has 0 aromatic heterocycles. The summed E-state index contributed by atoms with van der Waals surface area (Å²) in [6.45, 7) is 10.2. The molecule has 4 aromatic rings. The van der Waals surface area contributed by atoms with Crippen molar-refractivity contribution in [1.29, 1.82) is 0 Å². The number of carbonyl (C=O) groups is 3. The lowest BCUT2D eigenvalue weighted by molar-refractivity contribution is -0.172. The summed E-state index contributed by atoms with van der Waals surface area (Å²) in [6, 6.07) is 37.8. The largest absolute Gasteiger partial charge is 0.465 e. The Bertz CT molecular complexity index is 1760. The fourth-order valence-corrected chi connectivity index (χ4v) is 8.52. The first-order valence-corrected chi connectivity index (χ1v) is 18.6. The van der Waals surface area contributed by atoms with E-state index in [1.807, 2.05) is 109 Å². The van der Waals surface area contributed by atoms with Crippen molar-refractivity contribution >= 4 is 17.9 Å². The SMILES string of the molecule is CCOC(=O)[C@H]1N[C@](C)(C(=O)O[C@@H]2C[C@H](C)CC[C@H]2C(C)(C)c2ccccc2)[C@@H](C(=O)OC(c2ccccc2)c2ccccc2)[C@@H]1c1ccccc1. The molecular formula is C45H51NO6. The molecule has 52 heavy (non-hydrogen) atoms. The molecule has 0 spiro atoms. The van der Waals surface area contributed by atoms with Gasteiger partial charge in [0.15, 0.2) is 6.10 Å². The average Bonchev–Trinajstić information content (AvgIpc) is 3.50. The van der Waals surface area contributed by atoms with Gasteiger partial charge in [-0.3, -0.25) is 19.7 Å². The van der Waals surface area contributed by atoms with Gasteiger partial charge in [-0.05, 0) is 60.3 Å². The fraction of sp³-hybridized carbons (Fsp3) is 0.400. The summed E-state index contributed by atoms with van der Waals surface area (Å²) in [5.41, 5.74) is 1.57. The lowest BCUT2D eigenvalue weighted by atomic mass is 9.64. The summed E-state index contributed by atoms with van der Waals surface area (Å²) >= 11 is 0. The average molecular weight is 702 g/mol. The Balaban J connectivity index is 1.41. The van der Waals surface area contributed by atoms with Gasteiger partial charge in [0, 0.05) is 11.8 Å². The van der Waals surface area contributed by atoms with Gasteiger partial charge in [0.25, 0.3) is 0 Å². The van der Waals surface area contributed by atoms with Crippen molar-refractivity contribution in [1.82, 2.24) is 5.32 Å². The maximum absolute atomic E-state index is 15.0. The van der Waals surface area contributed by atoms with Gasteiger partial charge < -0.3 is 14.2 Å². The minimum atomic E-state index is -1.63. The standard InChI is InChI=1S/C45H51NO6/c1-6-50-42(48)39-37(31-19-11-7-12-20-31)38(41(47)52-40(32-21-13-8-14-22-32)33-23-15-9-16-24-33)45(5,46-39)43(49)51-36-29-30(2)27-28-35(36)44(3,4)34-25-17-10-18-26-34/h7-26,30,35-40,46H,6,27-29H2,1-5H3/t30-,35-,36-,37+,38-,39+,45+/m1/s1. The Hall–Kier alpha value is -4.75. The Labute approximate surface area is 308 Å². The van der Waals surface area contributed by atoms with E-state index in [-0.39, 0.29) is 17.9 Å². The van der Waals surface area contributed by atoms with Gasteiger partial charge in [-0.25, -0.2) is 0 Å². The van der Waals surface area contributed by atoms with Crippen LogP contribution >= 0.6 is 0 Å². The number of hydrogen-bond donors (Lipinski definition) is 1. The van der Waals surface area contributed by atoms with Crippen molar-refractivity contribution in [3.63, 3.8) is 0 Å². The zero-order valence-electron chi connectivity index (χ0n) is 30.9. The highest BCUT2D eigenvalue weighted by Crippen LogP contribution is 2.48. The molecule has 1 saturated carbocycles. The van der Waals surface area contributed by atoms with Crippen molar-refractivity contribution in [2.24, 2.45) is 17.8 Å². The third kappa shape index (κ3) is 7.56. The van der Waals surface area contributed by atoms with E-state index in [9.17, 15) is 14.4 Å². The fourth-order valence-electron chi connectivity index (χ4n) is 8.52. The second-order valence-electron chi connectivity index (χ2n) is 15.2. The lowest BCUT2D eigenvalue weighted by Crippen LogP contribution is -2.57. The molecule has 1 N–H and O–H groups in total. The maximum atomic E-state index is 15.0. The van der Waals surface area contributed by atoms with E-state index in [1.165, 1.54) is 5.56 Å². The van der Waals surface area contributed by atoms with Crippen LogP contribution in [0.25, 0.3) is 0 Å². The molecule has 7 heteroatoms. The highest BCUT2D eigenvalue weighted by molar-refractivity contribution is 5.93. The van der Waals surface area contributed by atoms with Gasteiger partial charge in [0.1, 0.15) is 17.7 Å². The first-order chi connectivity index (χ1) is 25.0. The van der Waals surface area contributed by atoms with E-state index in [0.717, 1.165) is 29.5 Å². The molecule has 6 rings (SSSR count). The smallest absolute Gasteiger partial charge is 0.327 e. The summed E-state index contributed by atoms with van der Waals surface area (Å²) in [5.74, 6) is -3.24. The van der Waals surface area contributed by atoms with Crippen LogP contribution in [0.15, 0.2) is 121 Å². The first-order valence-electron chi connectivity index (χ1n) is 18.6. The zero-order chi connectivity index (χ0) is 36.9. The molecule has 0 bridgehead atoms. The predicted octanol–water partition coefficient (Wildman–Crippen LogP) is 8.34. The Morgan fingerprint density at radius 1 is 0.788 bits per heavy atom. The van der Waals surface area contributed by atoms with E-state index in [0.29, 0.717) is 12.3 Å². The van der Waals surface area contributed by atoms with Gasteiger partial charge in [-0.2, -0.15) is 0 Å². The highest BCUT2D eigenvalue weighted by Gasteiger charge is 2.63. The normalized spacial score (nSPS) is 26.0. The monoisotopic (exact) mass is 701 g/mol. The molecule has 2 fully saturated rings. The quantitative estimate of drug-likeness (QED) is 0.124. The number of carbonyl (C=O) groups excluding carboxylic acids is 3. The Kier molecular flexibility index (Phi) is 11.3. The lowest BCUT2D eigenvalue weighted by Gasteiger charge is -2.45. The number of ether oxygens (including phenoxy) is 3. The summed E-state index contributed by atoms with van der Waals surface area (Å²) in [5, 5.41) is 3.32.